The summed E-state index contributed by atoms with van der Waals surface area (Å²) in [5.41, 5.74) is 0.608. The van der Waals surface area contributed by atoms with Crippen molar-refractivity contribution in [2.75, 3.05) is 26.2 Å². The lowest BCUT2D eigenvalue weighted by atomic mass is 10.1. The monoisotopic (exact) mass is 307 g/mol. The number of benzene rings is 1. The Hall–Kier alpha value is -1.59. The first-order valence-electron chi connectivity index (χ1n) is 7.68. The quantitative estimate of drug-likeness (QED) is 0.866. The number of aromatic hydroxyl groups is 1. The van der Waals surface area contributed by atoms with Crippen LogP contribution in [0.5, 0.6) is 5.75 Å². The number of carbonyl (C=O) groups excluding carboxylic acids is 1. The zero-order chi connectivity index (χ0) is 16.2. The van der Waals surface area contributed by atoms with Crippen molar-refractivity contribution in [2.24, 2.45) is 0 Å². The maximum Gasteiger partial charge on any atom is 0.307 e. The van der Waals surface area contributed by atoms with E-state index in [0.717, 1.165) is 18.7 Å². The number of ether oxygens (including phenoxy) is 2. The van der Waals surface area contributed by atoms with Crippen LogP contribution < -0.4 is 0 Å². The van der Waals surface area contributed by atoms with E-state index in [-0.39, 0.29) is 17.8 Å². The fourth-order valence-corrected chi connectivity index (χ4v) is 2.44. The molecule has 22 heavy (non-hydrogen) atoms. The van der Waals surface area contributed by atoms with E-state index in [1.54, 1.807) is 12.1 Å². The maximum atomic E-state index is 11.8. The van der Waals surface area contributed by atoms with Crippen LogP contribution in [0.25, 0.3) is 0 Å². The van der Waals surface area contributed by atoms with Crippen LogP contribution in [0.2, 0.25) is 0 Å². The van der Waals surface area contributed by atoms with Crippen LogP contribution in [0.3, 0.4) is 0 Å². The summed E-state index contributed by atoms with van der Waals surface area (Å²) in [7, 11) is 0. The molecule has 1 fully saturated rings. The summed E-state index contributed by atoms with van der Waals surface area (Å²) in [6.07, 6.45) is 0.368. The number of hydrogen-bond acceptors (Lipinski definition) is 5. The number of hydrogen-bond donors (Lipinski definition) is 1. The maximum absolute atomic E-state index is 11.8. The van der Waals surface area contributed by atoms with Gasteiger partial charge < -0.3 is 14.6 Å². The highest BCUT2D eigenvalue weighted by molar-refractivity contribution is 5.70. The topological polar surface area (TPSA) is 59.0 Å². The van der Waals surface area contributed by atoms with Gasteiger partial charge in [0.1, 0.15) is 11.4 Å². The molecule has 1 saturated heterocycles. The van der Waals surface area contributed by atoms with Gasteiger partial charge in [0.05, 0.1) is 19.1 Å². The first kappa shape index (κ1) is 16.8. The predicted octanol–water partition coefficient (Wildman–Crippen LogP) is 2.50. The molecule has 0 aromatic heterocycles. The molecule has 0 unspecified atom stereocenters. The van der Waals surface area contributed by atoms with Crippen molar-refractivity contribution in [3.05, 3.63) is 29.8 Å². The predicted molar refractivity (Wildman–Crippen MR) is 83.7 cm³/mol. The van der Waals surface area contributed by atoms with E-state index in [1.165, 1.54) is 0 Å². The molecule has 1 aromatic rings. The minimum absolute atomic E-state index is 0.0204. The number of morpholine rings is 1. The standard InChI is InChI=1S/C17H25NO4/c1-17(2,3)22-16(20)8-9-18-10-11-21-15(12-18)13-4-6-14(19)7-5-13/h4-7,15,19H,8-12H2,1-3H3/t15-/m0/s1. The first-order chi connectivity index (χ1) is 10.3. The van der Waals surface area contributed by atoms with Crippen LogP contribution in [0.4, 0.5) is 0 Å². The number of esters is 1. The summed E-state index contributed by atoms with van der Waals surface area (Å²) in [6, 6.07) is 7.07. The van der Waals surface area contributed by atoms with Crippen LogP contribution in [-0.4, -0.2) is 47.8 Å². The fraction of sp³-hybridized carbons (Fsp3) is 0.588. The van der Waals surface area contributed by atoms with E-state index in [9.17, 15) is 9.90 Å². The zero-order valence-electron chi connectivity index (χ0n) is 13.5. The molecular formula is C17H25NO4. The molecule has 1 atom stereocenters. The minimum atomic E-state index is -0.434. The van der Waals surface area contributed by atoms with Crippen molar-refractivity contribution >= 4 is 5.97 Å². The molecule has 5 nitrogen and oxygen atoms in total. The van der Waals surface area contributed by atoms with E-state index >= 15 is 0 Å². The highest BCUT2D eigenvalue weighted by atomic mass is 16.6. The number of phenolic OH excluding ortho intramolecular Hbond substituents is 1. The Labute approximate surface area is 131 Å². The molecule has 1 heterocycles. The molecule has 0 spiro atoms. The van der Waals surface area contributed by atoms with Crippen LogP contribution >= 0.6 is 0 Å². The van der Waals surface area contributed by atoms with Crippen molar-refractivity contribution in [3.8, 4) is 5.75 Å². The van der Waals surface area contributed by atoms with Gasteiger partial charge in [-0.1, -0.05) is 12.1 Å². The Morgan fingerprint density at radius 3 is 2.68 bits per heavy atom. The van der Waals surface area contributed by atoms with Crippen LogP contribution in [0, 0.1) is 0 Å². The SMILES string of the molecule is CC(C)(C)OC(=O)CCN1CCO[C@H](c2ccc(O)cc2)C1. The second-order valence-corrected chi connectivity index (χ2v) is 6.59. The third-order valence-electron chi connectivity index (χ3n) is 3.47. The van der Waals surface area contributed by atoms with E-state index in [0.29, 0.717) is 19.6 Å². The van der Waals surface area contributed by atoms with Gasteiger partial charge in [0.2, 0.25) is 0 Å². The van der Waals surface area contributed by atoms with Crippen LogP contribution in [-0.2, 0) is 14.3 Å². The highest BCUT2D eigenvalue weighted by Crippen LogP contribution is 2.24. The van der Waals surface area contributed by atoms with Crippen molar-refractivity contribution in [2.45, 2.75) is 38.9 Å². The van der Waals surface area contributed by atoms with Gasteiger partial charge in [0.15, 0.2) is 0 Å². The average Bonchev–Trinajstić information content (AvgIpc) is 2.44. The molecule has 0 aliphatic carbocycles. The van der Waals surface area contributed by atoms with Gasteiger partial charge in [-0.15, -0.1) is 0 Å². The number of nitrogens with zero attached hydrogens (tertiary/aromatic N) is 1. The molecular weight excluding hydrogens is 282 g/mol. The summed E-state index contributed by atoms with van der Waals surface area (Å²) in [5.74, 6) is 0.0847. The van der Waals surface area contributed by atoms with Gasteiger partial charge >= 0.3 is 5.97 Å². The largest absolute Gasteiger partial charge is 0.508 e. The van der Waals surface area contributed by atoms with Gasteiger partial charge in [-0.3, -0.25) is 9.69 Å². The second kappa shape index (κ2) is 7.11. The normalized spacial score (nSPS) is 19.9. The van der Waals surface area contributed by atoms with Gasteiger partial charge in [-0.25, -0.2) is 0 Å². The summed E-state index contributed by atoms with van der Waals surface area (Å²) in [6.45, 7) is 8.50. The first-order valence-corrected chi connectivity index (χ1v) is 7.68. The molecule has 1 N–H and O–H groups in total. The summed E-state index contributed by atoms with van der Waals surface area (Å²) < 4.78 is 11.1. The minimum Gasteiger partial charge on any atom is -0.508 e. The molecule has 1 aromatic carbocycles. The lowest BCUT2D eigenvalue weighted by Crippen LogP contribution is -2.39. The Balaban J connectivity index is 1.83. The van der Waals surface area contributed by atoms with Crippen molar-refractivity contribution in [1.29, 1.82) is 0 Å². The average molecular weight is 307 g/mol. The number of rotatable bonds is 4. The second-order valence-electron chi connectivity index (χ2n) is 6.59. The molecule has 1 aliphatic heterocycles. The van der Waals surface area contributed by atoms with Gasteiger partial charge in [0, 0.05) is 19.6 Å². The Bertz CT molecular complexity index is 492. The van der Waals surface area contributed by atoms with Crippen molar-refractivity contribution in [1.82, 2.24) is 4.90 Å². The number of phenols is 1. The smallest absolute Gasteiger partial charge is 0.307 e. The van der Waals surface area contributed by atoms with E-state index in [4.69, 9.17) is 9.47 Å². The Morgan fingerprint density at radius 1 is 1.36 bits per heavy atom. The lowest BCUT2D eigenvalue weighted by molar-refractivity contribution is -0.155. The molecule has 0 amide bonds. The Morgan fingerprint density at radius 2 is 2.05 bits per heavy atom. The van der Waals surface area contributed by atoms with Crippen molar-refractivity contribution in [3.63, 3.8) is 0 Å². The van der Waals surface area contributed by atoms with Gasteiger partial charge in [-0.2, -0.15) is 0 Å². The molecule has 0 bridgehead atoms. The summed E-state index contributed by atoms with van der Waals surface area (Å²) >= 11 is 0. The summed E-state index contributed by atoms with van der Waals surface area (Å²) in [4.78, 5) is 14.0. The van der Waals surface area contributed by atoms with Gasteiger partial charge in [-0.05, 0) is 38.5 Å². The van der Waals surface area contributed by atoms with Gasteiger partial charge in [0.25, 0.3) is 0 Å². The summed E-state index contributed by atoms with van der Waals surface area (Å²) in [5, 5.41) is 9.34. The molecule has 0 radical (unpaired) electrons. The Kier molecular flexibility index (Phi) is 5.42. The molecule has 2 rings (SSSR count). The zero-order valence-corrected chi connectivity index (χ0v) is 13.5. The molecule has 1 aliphatic rings. The van der Waals surface area contributed by atoms with E-state index in [2.05, 4.69) is 4.90 Å². The molecule has 0 saturated carbocycles. The third-order valence-corrected chi connectivity index (χ3v) is 3.47. The number of carbonyl (C=O) groups is 1. The molecule has 5 heteroatoms. The van der Waals surface area contributed by atoms with Crippen LogP contribution in [0.15, 0.2) is 24.3 Å². The fourth-order valence-electron chi connectivity index (χ4n) is 2.44. The van der Waals surface area contributed by atoms with E-state index in [1.807, 2.05) is 32.9 Å². The third kappa shape index (κ3) is 5.31. The highest BCUT2D eigenvalue weighted by Gasteiger charge is 2.23. The van der Waals surface area contributed by atoms with E-state index < -0.39 is 5.60 Å². The molecule has 122 valence electrons. The van der Waals surface area contributed by atoms with Crippen LogP contribution in [0.1, 0.15) is 38.9 Å². The van der Waals surface area contributed by atoms with Crippen molar-refractivity contribution < 1.29 is 19.4 Å². The lowest BCUT2D eigenvalue weighted by Gasteiger charge is -2.33.